The molecule has 0 aliphatic heterocycles. The van der Waals surface area contributed by atoms with E-state index >= 15 is 0 Å². The van der Waals surface area contributed by atoms with Crippen molar-refractivity contribution < 1.29 is 38.6 Å². The standard InChI is InChI=1S/C12H8N2O2.ClH.2H2O/c15-11-7-3-1-5-13-9(7)10-8(12(11)16)4-2-6-14-10;;;/h1-6,15-16H;1H;2*1H2. The smallest absolute Gasteiger partial charge is 0.241 e. The Morgan fingerprint density at radius 2 is 1.58 bits per heavy atom. The number of benzene rings is 1. The fourth-order valence-electron chi connectivity index (χ4n) is 1.88. The largest absolute Gasteiger partial charge is 1.00 e. The Balaban J connectivity index is 0.00000108. The highest BCUT2D eigenvalue weighted by molar-refractivity contribution is 6.07. The van der Waals surface area contributed by atoms with Crippen LogP contribution >= 0.6 is 0 Å². The van der Waals surface area contributed by atoms with Crippen molar-refractivity contribution in [2.45, 2.75) is 0 Å². The van der Waals surface area contributed by atoms with Gasteiger partial charge in [-0.15, -0.1) is 0 Å². The Hall–Kier alpha value is -2.15. The number of aromatic hydroxyl groups is 2. The number of fused-ring (bicyclic) bond motifs is 3. The molecule has 0 unspecified atom stereocenters. The summed E-state index contributed by atoms with van der Waals surface area (Å²) in [5.41, 5.74) is 1.36. The molecule has 19 heavy (non-hydrogen) atoms. The summed E-state index contributed by atoms with van der Waals surface area (Å²) >= 11 is 0. The van der Waals surface area contributed by atoms with Crippen LogP contribution in [0, 0.1) is 0 Å². The Labute approximate surface area is 114 Å². The van der Waals surface area contributed by atoms with Gasteiger partial charge in [-0.1, -0.05) is 0 Å². The maximum Gasteiger partial charge on any atom is 0.241 e. The van der Waals surface area contributed by atoms with E-state index in [-0.39, 0.29) is 34.9 Å². The van der Waals surface area contributed by atoms with E-state index in [1.54, 1.807) is 36.7 Å². The molecule has 2 heterocycles. The average molecular weight is 285 g/mol. The number of nitrogens with zero attached hydrogens (tertiary/aromatic N) is 1. The lowest BCUT2D eigenvalue weighted by atomic mass is 10.1. The van der Waals surface area contributed by atoms with Crippen molar-refractivity contribution in [3.63, 3.8) is 0 Å². The maximum atomic E-state index is 9.86. The van der Waals surface area contributed by atoms with Crippen LogP contribution in [0.25, 0.3) is 21.8 Å². The third kappa shape index (κ3) is 2.37. The van der Waals surface area contributed by atoms with Crippen molar-refractivity contribution in [1.29, 1.82) is 0 Å². The molecule has 2 aromatic heterocycles. The number of halogens is 1. The summed E-state index contributed by atoms with van der Waals surface area (Å²) in [6.45, 7) is 0. The monoisotopic (exact) mass is 284 g/mol. The number of phenolic OH excluding ortho intramolecular Hbond substituents is 2. The minimum absolute atomic E-state index is 0. The van der Waals surface area contributed by atoms with E-state index in [0.29, 0.717) is 21.8 Å². The van der Waals surface area contributed by atoms with E-state index < -0.39 is 0 Å². The Morgan fingerprint density at radius 3 is 2.32 bits per heavy atom. The summed E-state index contributed by atoms with van der Waals surface area (Å²) in [5.74, 6) is -0.248. The van der Waals surface area contributed by atoms with Gasteiger partial charge in [0.2, 0.25) is 5.52 Å². The molecule has 7 N–H and O–H groups in total. The van der Waals surface area contributed by atoms with Gasteiger partial charge in [-0.05, 0) is 18.2 Å². The highest BCUT2D eigenvalue weighted by Gasteiger charge is 2.17. The van der Waals surface area contributed by atoms with Crippen LogP contribution in [-0.4, -0.2) is 26.1 Å². The first-order chi connectivity index (χ1) is 7.79. The van der Waals surface area contributed by atoms with Gasteiger partial charge in [0.15, 0.2) is 17.7 Å². The number of aromatic amines is 1. The lowest BCUT2D eigenvalue weighted by Gasteiger charge is -2.04. The number of hydrogen-bond donors (Lipinski definition) is 2. The second-order valence-corrected chi connectivity index (χ2v) is 3.56. The van der Waals surface area contributed by atoms with Crippen LogP contribution in [0.5, 0.6) is 11.5 Å². The van der Waals surface area contributed by atoms with Gasteiger partial charge in [-0.25, -0.2) is 9.97 Å². The van der Waals surface area contributed by atoms with Crippen molar-refractivity contribution in [3.8, 4) is 11.5 Å². The van der Waals surface area contributed by atoms with E-state index in [1.807, 2.05) is 0 Å². The van der Waals surface area contributed by atoms with E-state index in [1.165, 1.54) is 0 Å². The summed E-state index contributed by atoms with van der Waals surface area (Å²) in [5, 5.41) is 20.8. The van der Waals surface area contributed by atoms with Crippen LogP contribution in [-0.2, 0) is 0 Å². The molecular weight excluding hydrogens is 272 g/mol. The zero-order valence-electron chi connectivity index (χ0n) is 9.68. The van der Waals surface area contributed by atoms with Crippen LogP contribution in [0.15, 0.2) is 36.7 Å². The van der Waals surface area contributed by atoms with E-state index in [4.69, 9.17) is 0 Å². The first-order valence-electron chi connectivity index (χ1n) is 4.88. The third-order valence-corrected chi connectivity index (χ3v) is 2.64. The van der Waals surface area contributed by atoms with Crippen LogP contribution in [0.3, 0.4) is 0 Å². The predicted octanol–water partition coefficient (Wildman–Crippen LogP) is -3.03. The van der Waals surface area contributed by atoms with Crippen LogP contribution in [0.4, 0.5) is 0 Å². The Kier molecular flexibility index (Phi) is 5.45. The van der Waals surface area contributed by atoms with Crippen molar-refractivity contribution in [3.05, 3.63) is 36.7 Å². The zero-order chi connectivity index (χ0) is 11.1. The van der Waals surface area contributed by atoms with E-state index in [9.17, 15) is 10.2 Å². The molecule has 3 aromatic rings. The zero-order valence-corrected chi connectivity index (χ0v) is 10.4. The molecule has 0 fully saturated rings. The maximum absolute atomic E-state index is 9.86. The lowest BCUT2D eigenvalue weighted by Crippen LogP contribution is -3.00. The van der Waals surface area contributed by atoms with Gasteiger partial charge in [-0.3, -0.25) is 0 Å². The van der Waals surface area contributed by atoms with Crippen molar-refractivity contribution >= 4 is 21.8 Å². The lowest BCUT2D eigenvalue weighted by molar-refractivity contribution is -0.343. The molecular formula is C12H13ClN2O4. The van der Waals surface area contributed by atoms with Crippen LogP contribution in [0.1, 0.15) is 0 Å². The Morgan fingerprint density at radius 1 is 0.947 bits per heavy atom. The first kappa shape index (κ1) is 16.9. The molecule has 0 bridgehead atoms. The summed E-state index contributed by atoms with van der Waals surface area (Å²) in [4.78, 5) is 7.24. The first-order valence-corrected chi connectivity index (χ1v) is 4.88. The van der Waals surface area contributed by atoms with Gasteiger partial charge in [-0.2, -0.15) is 0 Å². The molecule has 6 nitrogen and oxygen atoms in total. The number of nitrogens with one attached hydrogen (secondary N) is 1. The van der Waals surface area contributed by atoms with Crippen LogP contribution in [0.2, 0.25) is 0 Å². The number of H-pyrrole nitrogens is 1. The molecule has 0 aliphatic rings. The summed E-state index contributed by atoms with van der Waals surface area (Å²) in [6.07, 6.45) is 3.41. The highest BCUT2D eigenvalue weighted by atomic mass is 35.5. The molecule has 0 saturated heterocycles. The number of rotatable bonds is 0. The molecule has 0 spiro atoms. The second-order valence-electron chi connectivity index (χ2n) is 3.56. The minimum atomic E-state index is -0.129. The number of phenols is 2. The van der Waals surface area contributed by atoms with Crippen molar-refractivity contribution in [2.24, 2.45) is 0 Å². The number of hydrogen-bond acceptors (Lipinski definition) is 3. The van der Waals surface area contributed by atoms with Crippen molar-refractivity contribution in [2.75, 3.05) is 0 Å². The van der Waals surface area contributed by atoms with Gasteiger partial charge in [0.1, 0.15) is 5.52 Å². The molecule has 0 amide bonds. The predicted molar refractivity (Wildman–Crippen MR) is 66.4 cm³/mol. The SMILES string of the molecule is O.O.Oc1c(O)c2ccc[nH+]c2c2ncccc12.[Cl-]. The minimum Gasteiger partial charge on any atom is -1.00 e. The quantitative estimate of drug-likeness (QED) is 0.336. The summed E-state index contributed by atoms with van der Waals surface area (Å²) < 4.78 is 0. The van der Waals surface area contributed by atoms with E-state index in [2.05, 4.69) is 9.97 Å². The van der Waals surface area contributed by atoms with Crippen molar-refractivity contribution in [1.82, 2.24) is 4.98 Å². The van der Waals surface area contributed by atoms with Gasteiger partial charge in [0.25, 0.3) is 0 Å². The Bertz CT molecular complexity index is 645. The van der Waals surface area contributed by atoms with Gasteiger partial charge < -0.3 is 33.6 Å². The van der Waals surface area contributed by atoms with Gasteiger partial charge in [0, 0.05) is 12.3 Å². The summed E-state index contributed by atoms with van der Waals surface area (Å²) in [6, 6.07) is 6.93. The fourth-order valence-corrected chi connectivity index (χ4v) is 1.88. The fraction of sp³-hybridized carbons (Fsp3) is 0. The molecule has 0 radical (unpaired) electrons. The molecule has 102 valence electrons. The van der Waals surface area contributed by atoms with Gasteiger partial charge >= 0.3 is 0 Å². The summed E-state index contributed by atoms with van der Waals surface area (Å²) in [7, 11) is 0. The average Bonchev–Trinajstić information content (AvgIpc) is 2.36. The van der Waals surface area contributed by atoms with Gasteiger partial charge in [0.05, 0.1) is 10.8 Å². The van der Waals surface area contributed by atoms with E-state index in [0.717, 1.165) is 0 Å². The molecule has 0 aliphatic carbocycles. The topological polar surface area (TPSA) is 130 Å². The molecule has 3 rings (SSSR count). The highest BCUT2D eigenvalue weighted by Crippen LogP contribution is 2.38. The normalized spacial score (nSPS) is 9.26. The molecule has 1 aromatic carbocycles. The van der Waals surface area contributed by atoms with Crippen LogP contribution < -0.4 is 17.4 Å². The third-order valence-electron chi connectivity index (χ3n) is 2.64. The second kappa shape index (κ2) is 6.14. The number of aromatic nitrogens is 2. The molecule has 7 heteroatoms. The molecule has 0 atom stereocenters. The molecule has 0 saturated carbocycles. The number of pyridine rings is 2.